The molecule has 2 saturated carbocycles. The van der Waals surface area contributed by atoms with Crippen molar-refractivity contribution in [3.63, 3.8) is 0 Å². The van der Waals surface area contributed by atoms with Gasteiger partial charge < -0.3 is 32.8 Å². The van der Waals surface area contributed by atoms with Crippen LogP contribution in [0.5, 0.6) is 23.0 Å². The molecule has 5 aromatic rings. The van der Waals surface area contributed by atoms with Gasteiger partial charge in [-0.2, -0.15) is 22.0 Å². The molecule has 4 N–H and O–H groups in total. The van der Waals surface area contributed by atoms with Crippen LogP contribution in [0.2, 0.25) is 0 Å². The molecule has 0 radical (unpaired) electrons. The number of ketones is 1. The fraction of sp³-hybridized carbons (Fsp3) is 0.455. The van der Waals surface area contributed by atoms with Crippen LogP contribution in [0, 0.1) is 36.5 Å². The molecular weight excluding hydrogens is 1050 g/mol. The average molecular weight is 1120 g/mol. The number of thiazole rings is 1. The van der Waals surface area contributed by atoms with Gasteiger partial charge in [0.25, 0.3) is 0 Å². The summed E-state index contributed by atoms with van der Waals surface area (Å²) in [5.41, 5.74) is 0.828. The van der Waals surface area contributed by atoms with Crippen LogP contribution in [-0.4, -0.2) is 93.2 Å². The van der Waals surface area contributed by atoms with Crippen molar-refractivity contribution in [3.05, 3.63) is 102 Å². The number of nitrogens with one attached hydrogen (secondary N) is 2. The molecule has 2 aliphatic carbocycles. The molecule has 1 aliphatic heterocycles. The van der Waals surface area contributed by atoms with Gasteiger partial charge in [-0.05, 0) is 107 Å². The number of rotatable bonds is 20. The van der Waals surface area contributed by atoms with Crippen molar-refractivity contribution in [2.75, 3.05) is 19.0 Å². The maximum absolute atomic E-state index is 15.0. The van der Waals surface area contributed by atoms with Crippen molar-refractivity contribution in [1.29, 1.82) is 0 Å². The van der Waals surface area contributed by atoms with Crippen molar-refractivity contribution >= 4 is 71.5 Å². The minimum atomic E-state index is -4.65. The maximum Gasteiger partial charge on any atom is 0.409 e. The number of esters is 1. The van der Waals surface area contributed by atoms with Gasteiger partial charge in [-0.3, -0.25) is 19.2 Å². The molecule has 5 atom stereocenters. The van der Waals surface area contributed by atoms with E-state index < -0.39 is 79.0 Å². The summed E-state index contributed by atoms with van der Waals surface area (Å²) in [4.78, 5) is 68.4. The van der Waals surface area contributed by atoms with Crippen molar-refractivity contribution in [2.24, 2.45) is 27.8 Å². The van der Waals surface area contributed by atoms with Gasteiger partial charge in [0, 0.05) is 41.8 Å². The number of hydrogen-bond acceptors (Lipinski definition) is 17. The van der Waals surface area contributed by atoms with Crippen LogP contribution in [0.3, 0.4) is 0 Å². The Balaban J connectivity index is 0.000000633. The number of carbonyl (C=O) groups is 4. The van der Waals surface area contributed by atoms with E-state index in [1.54, 1.807) is 81.6 Å². The lowest BCUT2D eigenvalue weighted by molar-refractivity contribution is -0.156. The number of carbonyl (C=O) groups excluding carboxylic acids is 4. The van der Waals surface area contributed by atoms with E-state index in [2.05, 4.69) is 21.2 Å². The van der Waals surface area contributed by atoms with E-state index in [1.807, 2.05) is 50.8 Å². The van der Waals surface area contributed by atoms with Crippen LogP contribution in [0.4, 0.5) is 5.13 Å². The lowest BCUT2D eigenvalue weighted by Gasteiger charge is -2.35. The van der Waals surface area contributed by atoms with Crippen molar-refractivity contribution in [2.45, 2.75) is 124 Å². The molecule has 2 aromatic heterocycles. The van der Waals surface area contributed by atoms with E-state index in [1.165, 1.54) is 28.4 Å². The van der Waals surface area contributed by atoms with E-state index in [4.69, 9.17) is 28.4 Å². The zero-order valence-electron chi connectivity index (χ0n) is 44.6. The van der Waals surface area contributed by atoms with Crippen LogP contribution >= 0.6 is 11.3 Å². The van der Waals surface area contributed by atoms with E-state index >= 15 is 0 Å². The highest BCUT2D eigenvalue weighted by molar-refractivity contribution is 7.85. The Hall–Kier alpha value is -6.62. The molecular formula is C55H68N6O13S3. The summed E-state index contributed by atoms with van der Waals surface area (Å²) < 4.78 is 77.3. The maximum atomic E-state index is 15.0. The van der Waals surface area contributed by atoms with Crippen LogP contribution in [0.1, 0.15) is 97.1 Å². The second-order valence-electron chi connectivity index (χ2n) is 21.1. The van der Waals surface area contributed by atoms with Gasteiger partial charge in [-0.15, -0.1) is 17.9 Å². The Labute approximate surface area is 454 Å². The number of likely N-dealkylation sites (tertiary alicyclic amines) is 1. The lowest BCUT2D eigenvalue weighted by Crippen LogP contribution is -2.48. The zero-order valence-corrected chi connectivity index (χ0v) is 47.0. The highest BCUT2D eigenvalue weighted by Crippen LogP contribution is 2.57. The van der Waals surface area contributed by atoms with Crippen LogP contribution in [0.15, 0.2) is 90.8 Å². The van der Waals surface area contributed by atoms with Crippen LogP contribution in [-0.2, 0) is 44.5 Å². The molecule has 22 heteroatoms. The summed E-state index contributed by atoms with van der Waals surface area (Å²) >= 11 is 1.45. The minimum absolute atomic E-state index is 0.0172. The monoisotopic (exact) mass is 1120 g/mol. The van der Waals surface area contributed by atoms with E-state index in [0.29, 0.717) is 39.4 Å². The van der Waals surface area contributed by atoms with Crippen LogP contribution in [0.25, 0.3) is 22.3 Å². The lowest BCUT2D eigenvalue weighted by atomic mass is 9.77. The summed E-state index contributed by atoms with van der Waals surface area (Å²) in [5.74, 6) is -2.31. The molecule has 19 nitrogen and oxygen atoms in total. The van der Waals surface area contributed by atoms with E-state index in [-0.39, 0.29) is 55.9 Å². The number of ether oxygens (including phenoxy) is 3. The Bertz CT molecular complexity index is 3230. The number of anilines is 1. The first-order chi connectivity index (χ1) is 36.3. The fourth-order valence-corrected chi connectivity index (χ4v) is 11.8. The highest BCUT2D eigenvalue weighted by atomic mass is 32.2. The van der Waals surface area contributed by atoms with E-state index in [9.17, 15) is 36.0 Å². The predicted molar refractivity (Wildman–Crippen MR) is 293 cm³/mol. The Morgan fingerprint density at radius 2 is 1.55 bits per heavy atom. The number of nitrogens with two attached hydrogens (primary N) is 1. The Morgan fingerprint density at radius 3 is 2.13 bits per heavy atom. The van der Waals surface area contributed by atoms with Crippen molar-refractivity contribution in [1.82, 2.24) is 19.6 Å². The van der Waals surface area contributed by atoms with Gasteiger partial charge in [0.2, 0.25) is 11.8 Å². The number of fused-ring (bicyclic) bond motifs is 1. The molecule has 2 amide bonds. The molecule has 3 heterocycles. The Morgan fingerprint density at radius 1 is 0.896 bits per heavy atom. The van der Waals surface area contributed by atoms with Crippen molar-refractivity contribution < 1.29 is 58.6 Å². The number of allylic oxidation sites excluding steroid dienone is 1. The predicted octanol–water partition coefficient (Wildman–Crippen LogP) is 8.55. The largest absolute Gasteiger partial charge is 0.497 e. The van der Waals surface area contributed by atoms with Gasteiger partial charge in [-0.25, -0.2) is 14.7 Å². The normalized spacial score (nSPS) is 19.9. The fourth-order valence-electron chi connectivity index (χ4n) is 9.61. The zero-order chi connectivity index (χ0) is 56.0. The number of pyridine rings is 1. The second-order valence-corrected chi connectivity index (χ2v) is 24.4. The number of hydrogen-bond donors (Lipinski definition) is 3. The van der Waals surface area contributed by atoms with Crippen molar-refractivity contribution in [3.8, 4) is 34.4 Å². The van der Waals surface area contributed by atoms with Gasteiger partial charge in [-0.1, -0.05) is 63.2 Å². The number of benzene rings is 3. The molecule has 0 unspecified atom stereocenters. The summed E-state index contributed by atoms with van der Waals surface area (Å²) in [7, 11) is -6.98. The topological polar surface area (TPSA) is 262 Å². The third kappa shape index (κ3) is 14.9. The first-order valence-electron chi connectivity index (χ1n) is 25.4. The highest BCUT2D eigenvalue weighted by Gasteiger charge is 2.61. The summed E-state index contributed by atoms with van der Waals surface area (Å²) in [6.45, 7) is 16.9. The first kappa shape index (κ1) is 58.1. The number of amides is 2. The number of aryl methyl sites for hydroxylation is 2. The molecule has 414 valence electrons. The second kappa shape index (κ2) is 24.0. The molecule has 8 rings (SSSR count). The smallest absolute Gasteiger partial charge is 0.409 e. The first-order valence-corrected chi connectivity index (χ1v) is 29.2. The summed E-state index contributed by atoms with van der Waals surface area (Å²) in [6, 6.07) is 19.5. The number of methoxy groups -OCH3 is 1. The molecule has 3 fully saturated rings. The molecule has 77 heavy (non-hydrogen) atoms. The van der Waals surface area contributed by atoms with Gasteiger partial charge >= 0.3 is 26.6 Å². The molecule has 3 aromatic carbocycles. The average Bonchev–Trinajstić information content (AvgIpc) is 3.79. The molecule has 0 spiro atoms. The van der Waals surface area contributed by atoms with Gasteiger partial charge in [0.15, 0.2) is 10.9 Å². The summed E-state index contributed by atoms with van der Waals surface area (Å²) in [6.07, 6.45) is 3.74. The SMILES string of the molecule is C=C[C@@H]1C[C@]1(CC(=O)[C@@H]1C[C@@H](Oc2cc(-c3csc(NC(C)C)n3)nc3cc(OC)ccc23)CN1C(=O)[C@@H](CC(=O)OC1CCCC1)C(C)(C)C)C(=O)NS(=O)(=O)Oc1ccccc1C.Cc1ccccc1OS(N)(=O)=O. The number of aromatic nitrogens is 2. The Kier molecular flexibility index (Phi) is 18.1. The molecule has 0 bridgehead atoms. The number of Topliss-reactive ketones (excluding diaryl/α,β-unsaturated/α-hetero) is 1. The van der Waals surface area contributed by atoms with E-state index in [0.717, 1.165) is 36.4 Å². The standard InChI is InChI=1S/C48H59N5O10S2.C7H9NO3S/c1-9-30-24-48(30,45(57)52-65(58,59)63-41-17-13-10-14-29(41)4)25-40(54)39-21-33(26-53(39)44(56)35(47(5,6)7)22-43(55)62-31-15-11-12-16-31)61-42-23-37(38-27-64-46(51-38)49-28(2)3)50-36-20-32(60-8)18-19-34(36)42;1-6-4-2-3-5-7(6)11-12(8,9)10/h9-10,13-14,17-20,23,27-28,30-31,33,35,39H,1,11-12,15-16,21-22,24-26H2,2-8H3,(H,49,51)(H,52,57);2-5H,1H3,(H2,8,9,10)/t30-,33-,35-,39+,48-;/m1./s1. The minimum Gasteiger partial charge on any atom is -0.497 e. The molecule has 1 saturated heterocycles. The van der Waals surface area contributed by atoms with Gasteiger partial charge in [0.05, 0.1) is 48.7 Å². The van der Waals surface area contributed by atoms with Crippen LogP contribution < -0.4 is 33.0 Å². The third-order valence-electron chi connectivity index (χ3n) is 13.9. The number of para-hydroxylation sites is 2. The molecule has 3 aliphatic rings. The quantitative estimate of drug-likeness (QED) is 0.0487. The van der Waals surface area contributed by atoms with Gasteiger partial charge in [0.1, 0.15) is 40.9 Å². The number of nitrogens with zero attached hydrogens (tertiary/aromatic N) is 3. The summed E-state index contributed by atoms with van der Waals surface area (Å²) in [5, 5.41) is 11.3. The third-order valence-corrected chi connectivity index (χ3v) is 15.9.